The highest BCUT2D eigenvalue weighted by atomic mass is 32.2. The highest BCUT2D eigenvalue weighted by Gasteiger charge is 2.32. The van der Waals surface area contributed by atoms with Gasteiger partial charge in [-0.1, -0.05) is 18.2 Å². The third kappa shape index (κ3) is 5.09. The van der Waals surface area contributed by atoms with E-state index in [1.54, 1.807) is 23.1 Å². The zero-order valence-electron chi connectivity index (χ0n) is 17.1. The van der Waals surface area contributed by atoms with Crippen molar-refractivity contribution in [3.8, 4) is 0 Å². The number of morpholine rings is 1. The molecule has 0 saturated carbocycles. The molecule has 1 fully saturated rings. The van der Waals surface area contributed by atoms with Crippen LogP contribution in [0.2, 0.25) is 0 Å². The fraction of sp³-hybridized carbons (Fsp3) is 0.429. The summed E-state index contributed by atoms with van der Waals surface area (Å²) in [5.41, 5.74) is 0.178. The second-order valence-electron chi connectivity index (χ2n) is 7.40. The largest absolute Gasteiger partial charge is 0.457 e. The summed E-state index contributed by atoms with van der Waals surface area (Å²) in [6.45, 7) is 6.04. The minimum Gasteiger partial charge on any atom is -0.457 e. The summed E-state index contributed by atoms with van der Waals surface area (Å²) in [6, 6.07) is 9.34. The summed E-state index contributed by atoms with van der Waals surface area (Å²) < 4.78 is 41.3. The van der Waals surface area contributed by atoms with E-state index >= 15 is 0 Å². The molecule has 1 amide bonds. The molecule has 30 heavy (non-hydrogen) atoms. The maximum Gasteiger partial charge on any atom is 0.375 e. The summed E-state index contributed by atoms with van der Waals surface area (Å²) in [4.78, 5) is 27.0. The Labute approximate surface area is 175 Å². The van der Waals surface area contributed by atoms with Gasteiger partial charge in [-0.2, -0.15) is 0 Å². The van der Waals surface area contributed by atoms with Gasteiger partial charge in [0.1, 0.15) is 0 Å². The molecule has 0 N–H and O–H groups in total. The minimum absolute atomic E-state index is 0.111. The average molecular weight is 435 g/mol. The van der Waals surface area contributed by atoms with Gasteiger partial charge >= 0.3 is 5.97 Å². The molecule has 3 unspecified atom stereocenters. The van der Waals surface area contributed by atoms with Crippen LogP contribution in [-0.4, -0.2) is 56.6 Å². The van der Waals surface area contributed by atoms with Crippen molar-refractivity contribution < 1.29 is 31.9 Å². The molecule has 1 aromatic carbocycles. The highest BCUT2D eigenvalue weighted by molar-refractivity contribution is 7.90. The Bertz CT molecular complexity index is 989. The Morgan fingerprint density at radius 1 is 1.13 bits per heavy atom. The lowest BCUT2D eigenvalue weighted by Crippen LogP contribution is -2.51. The molecule has 1 aliphatic heterocycles. The number of esters is 1. The molecule has 1 saturated heterocycles. The summed E-state index contributed by atoms with van der Waals surface area (Å²) in [5.74, 6) is -1.86. The van der Waals surface area contributed by atoms with E-state index in [1.807, 2.05) is 13.8 Å². The van der Waals surface area contributed by atoms with Crippen molar-refractivity contribution in [2.75, 3.05) is 13.1 Å². The number of ether oxygens (including phenoxy) is 2. The molecule has 3 rings (SSSR count). The van der Waals surface area contributed by atoms with Gasteiger partial charge in [-0.25, -0.2) is 13.2 Å². The minimum atomic E-state index is -3.67. The van der Waals surface area contributed by atoms with Crippen molar-refractivity contribution in [1.29, 1.82) is 0 Å². The van der Waals surface area contributed by atoms with Gasteiger partial charge in [0.25, 0.3) is 5.91 Å². The molecule has 2 aromatic rings. The zero-order chi connectivity index (χ0) is 21.9. The number of benzene rings is 1. The number of sulfone groups is 1. The van der Waals surface area contributed by atoms with Crippen LogP contribution in [0.15, 0.2) is 52.0 Å². The third-order valence-corrected chi connectivity index (χ3v) is 6.42. The quantitative estimate of drug-likeness (QED) is 0.642. The number of furan rings is 1. The lowest BCUT2D eigenvalue weighted by Gasteiger charge is -2.36. The second-order valence-corrected chi connectivity index (χ2v) is 9.38. The van der Waals surface area contributed by atoms with Gasteiger partial charge in [-0.3, -0.25) is 4.79 Å². The van der Waals surface area contributed by atoms with E-state index < -0.39 is 27.7 Å². The fourth-order valence-corrected chi connectivity index (χ4v) is 4.80. The first-order chi connectivity index (χ1) is 14.2. The van der Waals surface area contributed by atoms with Crippen molar-refractivity contribution in [2.24, 2.45) is 0 Å². The topological polar surface area (TPSA) is 103 Å². The Balaban J connectivity index is 1.68. The van der Waals surface area contributed by atoms with Crippen molar-refractivity contribution in [3.05, 3.63) is 54.0 Å². The molecular weight excluding hydrogens is 410 g/mol. The molecule has 0 spiro atoms. The molecule has 8 nitrogen and oxygen atoms in total. The van der Waals surface area contributed by atoms with E-state index in [1.165, 1.54) is 31.4 Å². The molecule has 0 aliphatic carbocycles. The van der Waals surface area contributed by atoms with Crippen LogP contribution in [0.4, 0.5) is 0 Å². The molecule has 3 atom stereocenters. The number of carbonyl (C=O) groups excluding carboxylic acids is 2. The third-order valence-electron chi connectivity index (χ3n) is 4.74. The van der Waals surface area contributed by atoms with E-state index in [9.17, 15) is 18.0 Å². The fourth-order valence-electron chi connectivity index (χ4n) is 3.42. The van der Waals surface area contributed by atoms with E-state index in [0.29, 0.717) is 13.1 Å². The van der Waals surface area contributed by atoms with Gasteiger partial charge in [-0.05, 0) is 39.0 Å². The van der Waals surface area contributed by atoms with Crippen LogP contribution in [-0.2, 0) is 29.9 Å². The van der Waals surface area contributed by atoms with Crippen LogP contribution in [0.3, 0.4) is 0 Å². The summed E-state index contributed by atoms with van der Waals surface area (Å²) in [5, 5.41) is 0. The van der Waals surface area contributed by atoms with Crippen molar-refractivity contribution in [1.82, 2.24) is 4.90 Å². The van der Waals surface area contributed by atoms with Gasteiger partial charge in [0, 0.05) is 18.7 Å². The maximum absolute atomic E-state index is 12.7. The first kappa shape index (κ1) is 22.0. The lowest BCUT2D eigenvalue weighted by atomic mass is 10.2. The molecular formula is C21H25NO7S. The molecule has 0 bridgehead atoms. The first-order valence-corrected chi connectivity index (χ1v) is 11.3. The standard InChI is InChI=1S/C21H25NO7S/c1-14-11-22(12-15(2)28-14)20(23)16(3)29-21(24)19-17(9-10-27-19)13-30(25,26)18-7-5-4-6-8-18/h4-10,14-16H,11-13H2,1-3H3. The summed E-state index contributed by atoms with van der Waals surface area (Å²) in [6.07, 6.45) is -0.0378. The molecule has 9 heteroatoms. The van der Waals surface area contributed by atoms with Gasteiger partial charge in [-0.15, -0.1) is 0 Å². The van der Waals surface area contributed by atoms with E-state index in [2.05, 4.69) is 0 Å². The van der Waals surface area contributed by atoms with Crippen molar-refractivity contribution in [3.63, 3.8) is 0 Å². The number of hydrogen-bond donors (Lipinski definition) is 0. The number of rotatable bonds is 6. The SMILES string of the molecule is CC1CN(C(=O)C(C)OC(=O)c2occc2CS(=O)(=O)c2ccccc2)CC(C)O1. The molecule has 162 valence electrons. The van der Waals surface area contributed by atoms with E-state index in [0.717, 1.165) is 0 Å². The Hall–Kier alpha value is -2.65. The van der Waals surface area contributed by atoms with E-state index in [-0.39, 0.29) is 34.3 Å². The Morgan fingerprint density at radius 3 is 2.40 bits per heavy atom. The van der Waals surface area contributed by atoms with Crippen LogP contribution in [0, 0.1) is 0 Å². The van der Waals surface area contributed by atoms with E-state index in [4.69, 9.17) is 13.9 Å². The second kappa shape index (κ2) is 9.01. The summed E-state index contributed by atoms with van der Waals surface area (Å²) >= 11 is 0. The monoisotopic (exact) mass is 435 g/mol. The normalized spacial score (nSPS) is 20.6. The van der Waals surface area contributed by atoms with Crippen LogP contribution in [0.25, 0.3) is 0 Å². The number of nitrogens with zero attached hydrogens (tertiary/aromatic N) is 1. The van der Waals surface area contributed by atoms with Crippen molar-refractivity contribution in [2.45, 2.75) is 49.7 Å². The predicted molar refractivity (Wildman–Crippen MR) is 108 cm³/mol. The highest BCUT2D eigenvalue weighted by Crippen LogP contribution is 2.21. The molecule has 1 aliphatic rings. The average Bonchev–Trinajstić information content (AvgIpc) is 3.14. The van der Waals surface area contributed by atoms with Gasteiger partial charge in [0.15, 0.2) is 15.9 Å². The lowest BCUT2D eigenvalue weighted by molar-refractivity contribution is -0.151. The first-order valence-electron chi connectivity index (χ1n) is 9.66. The van der Waals surface area contributed by atoms with Crippen LogP contribution in [0.5, 0.6) is 0 Å². The van der Waals surface area contributed by atoms with Crippen LogP contribution < -0.4 is 0 Å². The van der Waals surface area contributed by atoms with Crippen LogP contribution >= 0.6 is 0 Å². The van der Waals surface area contributed by atoms with Gasteiger partial charge in [0.05, 0.1) is 29.1 Å². The number of carbonyl (C=O) groups is 2. The van der Waals surface area contributed by atoms with Crippen LogP contribution in [0.1, 0.15) is 36.9 Å². The van der Waals surface area contributed by atoms with Gasteiger partial charge in [0.2, 0.25) is 5.76 Å². The number of amides is 1. The maximum atomic E-state index is 12.7. The van der Waals surface area contributed by atoms with Gasteiger partial charge < -0.3 is 18.8 Å². The number of hydrogen-bond acceptors (Lipinski definition) is 7. The van der Waals surface area contributed by atoms with Crippen molar-refractivity contribution >= 4 is 21.7 Å². The Morgan fingerprint density at radius 2 is 1.77 bits per heavy atom. The smallest absolute Gasteiger partial charge is 0.375 e. The summed E-state index contributed by atoms with van der Waals surface area (Å²) in [7, 11) is -3.67. The molecule has 0 radical (unpaired) electrons. The molecule has 2 heterocycles. The Kier molecular flexibility index (Phi) is 6.62. The zero-order valence-corrected chi connectivity index (χ0v) is 17.9. The molecule has 1 aromatic heterocycles. The predicted octanol–water partition coefficient (Wildman–Crippen LogP) is 2.43.